The van der Waals surface area contributed by atoms with Crippen LogP contribution >= 0.6 is 27.5 Å². The Bertz CT molecular complexity index is 680. The van der Waals surface area contributed by atoms with E-state index >= 15 is 0 Å². The molecule has 0 bridgehead atoms. The maximum atomic E-state index is 5.87. The number of aromatic nitrogens is 3. The number of furan rings is 1. The van der Waals surface area contributed by atoms with Crippen molar-refractivity contribution in [2.75, 3.05) is 5.32 Å². The molecule has 0 aliphatic carbocycles. The van der Waals surface area contributed by atoms with E-state index in [4.69, 9.17) is 16.0 Å². The molecule has 1 N–H and O–H groups in total. The normalized spacial score (nSPS) is 11.0. The van der Waals surface area contributed by atoms with E-state index in [9.17, 15) is 0 Å². The highest BCUT2D eigenvalue weighted by Crippen LogP contribution is 2.22. The van der Waals surface area contributed by atoms with E-state index in [0.717, 1.165) is 15.7 Å². The van der Waals surface area contributed by atoms with Crippen LogP contribution in [0.15, 0.2) is 39.5 Å². The van der Waals surface area contributed by atoms with Crippen molar-refractivity contribution in [3.8, 4) is 0 Å². The number of hydrogen-bond acceptors (Lipinski definition) is 4. The molecule has 3 heterocycles. The minimum absolute atomic E-state index is 0.188. The molecule has 0 amide bonds. The molecule has 0 spiro atoms. The van der Waals surface area contributed by atoms with Gasteiger partial charge in [0.05, 0.1) is 12.8 Å². The summed E-state index contributed by atoms with van der Waals surface area (Å²) in [5, 5.41) is 7.44. The minimum atomic E-state index is 0.188. The van der Waals surface area contributed by atoms with Crippen molar-refractivity contribution in [2.45, 2.75) is 6.54 Å². The first-order valence-electron chi connectivity index (χ1n) is 5.20. The van der Waals surface area contributed by atoms with E-state index in [0.29, 0.717) is 12.4 Å². The second-order valence-corrected chi connectivity index (χ2v) is 4.90. The average Bonchev–Trinajstić information content (AvgIpc) is 2.93. The summed E-state index contributed by atoms with van der Waals surface area (Å²) in [4.78, 5) is 4.17. The fourth-order valence-electron chi connectivity index (χ4n) is 1.65. The Morgan fingerprint density at radius 2 is 2.39 bits per heavy atom. The largest absolute Gasteiger partial charge is 0.467 e. The molecule has 0 atom stereocenters. The molecular formula is C11H8BrClN4O. The maximum absolute atomic E-state index is 5.87. The summed E-state index contributed by atoms with van der Waals surface area (Å²) in [7, 11) is 0. The summed E-state index contributed by atoms with van der Waals surface area (Å²) < 4.78 is 7.84. The molecule has 5 nitrogen and oxygen atoms in total. The summed E-state index contributed by atoms with van der Waals surface area (Å²) in [5.74, 6) is 1.49. The molecule has 0 saturated heterocycles. The van der Waals surface area contributed by atoms with Crippen LogP contribution in [0.3, 0.4) is 0 Å². The van der Waals surface area contributed by atoms with Gasteiger partial charge in [-0.25, -0.2) is 4.52 Å². The Kier molecular flexibility index (Phi) is 2.97. The minimum Gasteiger partial charge on any atom is -0.467 e. The predicted molar refractivity (Wildman–Crippen MR) is 71.7 cm³/mol. The highest BCUT2D eigenvalue weighted by atomic mass is 79.9. The summed E-state index contributed by atoms with van der Waals surface area (Å²) in [5.41, 5.74) is 0.845. The number of fused-ring (bicyclic) bond motifs is 1. The Morgan fingerprint density at radius 1 is 1.50 bits per heavy atom. The van der Waals surface area contributed by atoms with E-state index in [2.05, 4.69) is 31.3 Å². The molecule has 92 valence electrons. The summed E-state index contributed by atoms with van der Waals surface area (Å²) in [6.45, 7) is 0.540. The fourth-order valence-corrected chi connectivity index (χ4v) is 2.23. The molecule has 0 fully saturated rings. The van der Waals surface area contributed by atoms with Gasteiger partial charge < -0.3 is 9.73 Å². The fraction of sp³-hybridized carbons (Fsp3) is 0.0909. The van der Waals surface area contributed by atoms with Crippen LogP contribution in [-0.4, -0.2) is 14.6 Å². The zero-order valence-electron chi connectivity index (χ0n) is 9.10. The molecule has 0 aliphatic rings. The van der Waals surface area contributed by atoms with Crippen molar-refractivity contribution < 1.29 is 4.42 Å². The van der Waals surface area contributed by atoms with Gasteiger partial charge in [-0.15, -0.1) is 5.10 Å². The van der Waals surface area contributed by atoms with Crippen LogP contribution in [0, 0.1) is 0 Å². The van der Waals surface area contributed by atoms with Crippen LogP contribution in [0.1, 0.15) is 5.76 Å². The number of nitrogens with zero attached hydrogens (tertiary/aromatic N) is 3. The quantitative estimate of drug-likeness (QED) is 0.801. The molecule has 7 heteroatoms. The van der Waals surface area contributed by atoms with Crippen LogP contribution in [0.2, 0.25) is 5.28 Å². The SMILES string of the molecule is Clc1nc(NCc2ccco2)c2cc(Br)cn2n1. The van der Waals surface area contributed by atoms with Crippen LogP contribution in [0.5, 0.6) is 0 Å². The van der Waals surface area contributed by atoms with E-state index < -0.39 is 0 Å². The van der Waals surface area contributed by atoms with Gasteiger partial charge in [0.15, 0.2) is 5.82 Å². The highest BCUT2D eigenvalue weighted by molar-refractivity contribution is 9.10. The van der Waals surface area contributed by atoms with Crippen LogP contribution in [-0.2, 0) is 6.54 Å². The van der Waals surface area contributed by atoms with Gasteiger partial charge in [-0.2, -0.15) is 4.98 Å². The van der Waals surface area contributed by atoms with Gasteiger partial charge in [0.1, 0.15) is 11.3 Å². The monoisotopic (exact) mass is 326 g/mol. The second kappa shape index (κ2) is 4.62. The lowest BCUT2D eigenvalue weighted by Crippen LogP contribution is -2.04. The van der Waals surface area contributed by atoms with E-state index in [1.54, 1.807) is 10.8 Å². The van der Waals surface area contributed by atoms with Crippen molar-refractivity contribution >= 4 is 38.9 Å². The first-order valence-corrected chi connectivity index (χ1v) is 6.37. The van der Waals surface area contributed by atoms with Crippen molar-refractivity contribution in [1.29, 1.82) is 0 Å². The highest BCUT2D eigenvalue weighted by Gasteiger charge is 2.08. The topological polar surface area (TPSA) is 55.4 Å². The molecule has 18 heavy (non-hydrogen) atoms. The maximum Gasteiger partial charge on any atom is 0.243 e. The van der Waals surface area contributed by atoms with Crippen molar-refractivity contribution in [1.82, 2.24) is 14.6 Å². The Balaban J connectivity index is 1.95. The molecule has 0 aliphatic heterocycles. The number of hydrogen-bond donors (Lipinski definition) is 1. The zero-order chi connectivity index (χ0) is 12.5. The third kappa shape index (κ3) is 2.21. The van der Waals surface area contributed by atoms with Gasteiger partial charge in [0, 0.05) is 10.7 Å². The van der Waals surface area contributed by atoms with E-state index in [1.807, 2.05) is 24.4 Å². The standard InChI is InChI=1S/C11H8BrClN4O/c12-7-4-9-10(14-5-8-2-1-3-18-8)15-11(13)16-17(9)6-7/h1-4,6H,5H2,(H,14,15,16). The molecule has 0 saturated carbocycles. The Morgan fingerprint density at radius 3 is 3.17 bits per heavy atom. The second-order valence-electron chi connectivity index (χ2n) is 3.65. The molecule has 3 aromatic rings. The first kappa shape index (κ1) is 11.6. The molecule has 0 aromatic carbocycles. The lowest BCUT2D eigenvalue weighted by atomic mass is 10.4. The molecule has 0 radical (unpaired) electrons. The van der Waals surface area contributed by atoms with Crippen LogP contribution < -0.4 is 5.32 Å². The Labute approximate surface area is 116 Å². The van der Waals surface area contributed by atoms with E-state index in [-0.39, 0.29) is 5.28 Å². The van der Waals surface area contributed by atoms with Gasteiger partial charge in [0.2, 0.25) is 5.28 Å². The third-order valence-corrected chi connectivity index (χ3v) is 3.01. The zero-order valence-corrected chi connectivity index (χ0v) is 11.4. The smallest absolute Gasteiger partial charge is 0.243 e. The molecule has 0 unspecified atom stereocenters. The van der Waals surface area contributed by atoms with Gasteiger partial charge in [0.25, 0.3) is 0 Å². The third-order valence-electron chi connectivity index (χ3n) is 2.41. The van der Waals surface area contributed by atoms with E-state index in [1.165, 1.54) is 0 Å². The van der Waals surface area contributed by atoms with Crippen molar-refractivity contribution in [2.24, 2.45) is 0 Å². The number of rotatable bonds is 3. The van der Waals surface area contributed by atoms with Gasteiger partial charge in [-0.1, -0.05) is 0 Å². The molecule has 3 aromatic heterocycles. The number of halogens is 2. The summed E-state index contributed by atoms with van der Waals surface area (Å²) in [6, 6.07) is 5.65. The summed E-state index contributed by atoms with van der Waals surface area (Å²) >= 11 is 9.27. The van der Waals surface area contributed by atoms with Crippen LogP contribution in [0.4, 0.5) is 5.82 Å². The van der Waals surface area contributed by atoms with Gasteiger partial charge >= 0.3 is 0 Å². The lowest BCUT2D eigenvalue weighted by Gasteiger charge is -2.05. The first-order chi connectivity index (χ1) is 8.72. The van der Waals surface area contributed by atoms with Gasteiger partial charge in [-0.3, -0.25) is 0 Å². The van der Waals surface area contributed by atoms with Crippen molar-refractivity contribution in [3.05, 3.63) is 46.2 Å². The van der Waals surface area contributed by atoms with Crippen molar-refractivity contribution in [3.63, 3.8) is 0 Å². The Hall–Kier alpha value is -1.53. The van der Waals surface area contributed by atoms with Crippen LogP contribution in [0.25, 0.3) is 5.52 Å². The summed E-state index contributed by atoms with van der Waals surface area (Å²) in [6.07, 6.45) is 3.45. The number of anilines is 1. The average molecular weight is 328 g/mol. The number of nitrogens with one attached hydrogen (secondary N) is 1. The van der Waals surface area contributed by atoms with Gasteiger partial charge in [-0.05, 0) is 45.7 Å². The molecule has 3 rings (SSSR count). The lowest BCUT2D eigenvalue weighted by molar-refractivity contribution is 0.518. The molecular weight excluding hydrogens is 320 g/mol. The predicted octanol–water partition coefficient (Wildman–Crippen LogP) is 3.35.